The average Bonchev–Trinajstić information content (AvgIpc) is 2.64. The Morgan fingerprint density at radius 1 is 1.08 bits per heavy atom. The van der Waals surface area contributed by atoms with Crippen LogP contribution in [0, 0.1) is 5.41 Å². The summed E-state index contributed by atoms with van der Waals surface area (Å²) in [5, 5.41) is 21.5. The van der Waals surface area contributed by atoms with Gasteiger partial charge >= 0.3 is 0 Å². The summed E-state index contributed by atoms with van der Waals surface area (Å²) in [5.74, 6) is -1.04. The second kappa shape index (κ2) is 8.60. The number of carbonyl (C=O) groups is 2. The number of nitrogens with one attached hydrogen (secondary N) is 3. The number of benzene rings is 2. The molecule has 7 nitrogen and oxygen atoms in total. The number of aliphatic hydroxyl groups excluding tert-OH is 1. The fourth-order valence-electron chi connectivity index (χ4n) is 2.25. The zero-order valence-electron chi connectivity index (χ0n) is 13.5. The largest absolute Gasteiger partial charge is 0.387 e. The van der Waals surface area contributed by atoms with Crippen molar-refractivity contribution in [3.63, 3.8) is 0 Å². The van der Waals surface area contributed by atoms with E-state index in [2.05, 4.69) is 10.6 Å². The monoisotopic (exact) mass is 340 g/mol. The van der Waals surface area contributed by atoms with Crippen LogP contribution in [0.4, 0.5) is 0 Å². The molecule has 0 heterocycles. The van der Waals surface area contributed by atoms with Gasteiger partial charge in [-0.1, -0.05) is 54.6 Å². The predicted molar refractivity (Wildman–Crippen MR) is 93.7 cm³/mol. The molecule has 2 amide bonds. The van der Waals surface area contributed by atoms with Crippen LogP contribution in [0.15, 0.2) is 54.6 Å². The first-order chi connectivity index (χ1) is 12.0. The van der Waals surface area contributed by atoms with E-state index in [4.69, 9.17) is 16.2 Å². The number of nitrogen functional groups attached to an aromatic ring is 1. The van der Waals surface area contributed by atoms with Crippen LogP contribution in [0.1, 0.15) is 22.7 Å². The molecule has 2 aromatic rings. The lowest BCUT2D eigenvalue weighted by molar-refractivity contribution is -0.130. The normalized spacial score (nSPS) is 11.4. The second-order valence-electron chi connectivity index (χ2n) is 5.40. The standard InChI is InChI=1S/C18H20N4O3/c19-17(20)14-8-6-12(7-9-14)10-21-18(25)16(22-15(24)11-23)13-4-2-1-3-5-13/h1-9,16,23H,10-11H2,(H3,19,20)(H,21,25)(H,22,24)/t16-/m1/s1. The molecule has 0 aliphatic rings. The zero-order valence-corrected chi connectivity index (χ0v) is 13.5. The Morgan fingerprint density at radius 2 is 1.72 bits per heavy atom. The number of amides is 2. The average molecular weight is 340 g/mol. The van der Waals surface area contributed by atoms with Crippen LogP contribution in [0.2, 0.25) is 0 Å². The van der Waals surface area contributed by atoms with Gasteiger partial charge in [-0.3, -0.25) is 15.0 Å². The molecule has 1 atom stereocenters. The summed E-state index contributed by atoms with van der Waals surface area (Å²) >= 11 is 0. The number of hydrogen-bond donors (Lipinski definition) is 5. The van der Waals surface area contributed by atoms with Crippen molar-refractivity contribution < 1.29 is 14.7 Å². The van der Waals surface area contributed by atoms with Crippen LogP contribution >= 0.6 is 0 Å². The Labute approximate surface area is 145 Å². The third-order valence-electron chi connectivity index (χ3n) is 3.58. The highest BCUT2D eigenvalue weighted by Crippen LogP contribution is 2.13. The lowest BCUT2D eigenvalue weighted by Gasteiger charge is -2.18. The van der Waals surface area contributed by atoms with Gasteiger partial charge in [-0.15, -0.1) is 0 Å². The number of nitrogens with two attached hydrogens (primary N) is 1. The first-order valence-electron chi connectivity index (χ1n) is 7.67. The van der Waals surface area contributed by atoms with E-state index in [-0.39, 0.29) is 18.3 Å². The van der Waals surface area contributed by atoms with Crippen molar-refractivity contribution in [2.75, 3.05) is 6.61 Å². The number of hydrogen-bond acceptors (Lipinski definition) is 4. The summed E-state index contributed by atoms with van der Waals surface area (Å²) in [6, 6.07) is 14.8. The van der Waals surface area contributed by atoms with Crippen LogP contribution in [0.5, 0.6) is 0 Å². The number of carbonyl (C=O) groups excluding carboxylic acids is 2. The molecule has 0 bridgehead atoms. The van der Waals surface area contributed by atoms with Gasteiger partial charge in [0.25, 0.3) is 0 Å². The summed E-state index contributed by atoms with van der Waals surface area (Å²) in [7, 11) is 0. The van der Waals surface area contributed by atoms with Crippen molar-refractivity contribution in [2.24, 2.45) is 5.73 Å². The minimum absolute atomic E-state index is 0.0218. The molecular formula is C18H20N4O3. The third kappa shape index (κ3) is 5.15. The lowest BCUT2D eigenvalue weighted by Crippen LogP contribution is -2.41. The zero-order chi connectivity index (χ0) is 18.2. The molecule has 0 radical (unpaired) electrons. The van der Waals surface area contributed by atoms with Gasteiger partial charge in [-0.05, 0) is 11.1 Å². The van der Waals surface area contributed by atoms with Crippen LogP contribution in [0.3, 0.4) is 0 Å². The Bertz CT molecular complexity index is 745. The van der Waals surface area contributed by atoms with Gasteiger partial charge in [-0.2, -0.15) is 0 Å². The molecular weight excluding hydrogens is 320 g/mol. The molecule has 0 aliphatic carbocycles. The highest BCUT2D eigenvalue weighted by atomic mass is 16.3. The number of rotatable bonds is 7. The summed E-state index contributed by atoms with van der Waals surface area (Å²) in [4.78, 5) is 24.0. The molecule has 0 aromatic heterocycles. The molecule has 2 rings (SSSR count). The fourth-order valence-corrected chi connectivity index (χ4v) is 2.25. The highest BCUT2D eigenvalue weighted by molar-refractivity contribution is 5.94. The lowest BCUT2D eigenvalue weighted by atomic mass is 10.1. The first kappa shape index (κ1) is 18.2. The molecule has 0 saturated heterocycles. The SMILES string of the molecule is N=C(N)c1ccc(CNC(=O)[C@H](NC(=O)CO)c2ccccc2)cc1. The highest BCUT2D eigenvalue weighted by Gasteiger charge is 2.22. The summed E-state index contributed by atoms with van der Waals surface area (Å²) < 4.78 is 0. The molecule has 7 heteroatoms. The number of amidine groups is 1. The molecule has 130 valence electrons. The first-order valence-corrected chi connectivity index (χ1v) is 7.67. The van der Waals surface area contributed by atoms with Gasteiger partial charge < -0.3 is 21.5 Å². The van der Waals surface area contributed by atoms with E-state index in [0.717, 1.165) is 5.56 Å². The van der Waals surface area contributed by atoms with Gasteiger partial charge in [0, 0.05) is 12.1 Å². The maximum Gasteiger partial charge on any atom is 0.247 e. The maximum absolute atomic E-state index is 12.5. The minimum Gasteiger partial charge on any atom is -0.387 e. The van der Waals surface area contributed by atoms with Crippen molar-refractivity contribution in [1.82, 2.24) is 10.6 Å². The minimum atomic E-state index is -0.891. The maximum atomic E-state index is 12.5. The third-order valence-corrected chi connectivity index (χ3v) is 3.58. The smallest absolute Gasteiger partial charge is 0.247 e. The Kier molecular flexibility index (Phi) is 6.25. The van der Waals surface area contributed by atoms with Crippen molar-refractivity contribution in [2.45, 2.75) is 12.6 Å². The van der Waals surface area contributed by atoms with Crippen molar-refractivity contribution in [1.29, 1.82) is 5.41 Å². The Hall–Kier alpha value is -3.19. The summed E-state index contributed by atoms with van der Waals surface area (Å²) in [6.07, 6.45) is 0. The predicted octanol–water partition coefficient (Wildman–Crippen LogP) is 0.437. The molecule has 0 aliphatic heterocycles. The van der Waals surface area contributed by atoms with Crippen LogP contribution in [0.25, 0.3) is 0 Å². The van der Waals surface area contributed by atoms with E-state index in [1.54, 1.807) is 48.5 Å². The second-order valence-corrected chi connectivity index (χ2v) is 5.40. The van der Waals surface area contributed by atoms with Crippen LogP contribution < -0.4 is 16.4 Å². The number of aliphatic hydroxyl groups is 1. The Morgan fingerprint density at radius 3 is 2.28 bits per heavy atom. The van der Waals surface area contributed by atoms with Gasteiger partial charge in [-0.25, -0.2) is 0 Å². The van der Waals surface area contributed by atoms with E-state index in [9.17, 15) is 9.59 Å². The van der Waals surface area contributed by atoms with E-state index in [1.165, 1.54) is 0 Å². The van der Waals surface area contributed by atoms with E-state index in [1.807, 2.05) is 6.07 Å². The van der Waals surface area contributed by atoms with Gasteiger partial charge in [0.05, 0.1) is 0 Å². The molecule has 2 aromatic carbocycles. The van der Waals surface area contributed by atoms with Gasteiger partial charge in [0.1, 0.15) is 18.5 Å². The molecule has 0 fully saturated rings. The van der Waals surface area contributed by atoms with E-state index >= 15 is 0 Å². The molecule has 0 unspecified atom stereocenters. The van der Waals surface area contributed by atoms with Gasteiger partial charge in [0.2, 0.25) is 11.8 Å². The van der Waals surface area contributed by atoms with Crippen molar-refractivity contribution in [3.8, 4) is 0 Å². The van der Waals surface area contributed by atoms with Crippen molar-refractivity contribution >= 4 is 17.6 Å². The molecule has 6 N–H and O–H groups in total. The summed E-state index contributed by atoms with van der Waals surface area (Å²) in [6.45, 7) is -0.432. The van der Waals surface area contributed by atoms with Crippen molar-refractivity contribution in [3.05, 3.63) is 71.3 Å². The topological polar surface area (TPSA) is 128 Å². The fraction of sp³-hybridized carbons (Fsp3) is 0.167. The molecule has 25 heavy (non-hydrogen) atoms. The molecule has 0 saturated carbocycles. The quantitative estimate of drug-likeness (QED) is 0.370. The summed E-state index contributed by atoms with van der Waals surface area (Å²) in [5.41, 5.74) is 7.46. The molecule has 0 spiro atoms. The van der Waals surface area contributed by atoms with E-state index < -0.39 is 18.6 Å². The van der Waals surface area contributed by atoms with Gasteiger partial charge in [0.15, 0.2) is 0 Å². The van der Waals surface area contributed by atoms with Crippen LogP contribution in [-0.4, -0.2) is 29.4 Å². The van der Waals surface area contributed by atoms with Crippen LogP contribution in [-0.2, 0) is 16.1 Å². The Balaban J connectivity index is 2.06. The van der Waals surface area contributed by atoms with E-state index in [0.29, 0.717) is 11.1 Å².